The molecule has 3 nitrogen and oxygen atoms in total. The second kappa shape index (κ2) is 3.09. The van der Waals surface area contributed by atoms with Crippen LogP contribution in [0.2, 0.25) is 0 Å². The van der Waals surface area contributed by atoms with Gasteiger partial charge in [-0.25, -0.2) is 0 Å². The van der Waals surface area contributed by atoms with E-state index in [2.05, 4.69) is 11.9 Å². The SMILES string of the molecule is CN1CCC(C(C)(N)CO)C1. The van der Waals surface area contributed by atoms with Crippen LogP contribution in [-0.4, -0.2) is 42.3 Å². The van der Waals surface area contributed by atoms with E-state index in [1.807, 2.05) is 6.92 Å². The van der Waals surface area contributed by atoms with Gasteiger partial charge < -0.3 is 15.7 Å². The molecule has 0 aliphatic carbocycles. The molecule has 2 atom stereocenters. The fraction of sp³-hybridized carbons (Fsp3) is 1.00. The van der Waals surface area contributed by atoms with Crippen molar-refractivity contribution in [3.8, 4) is 0 Å². The summed E-state index contributed by atoms with van der Waals surface area (Å²) in [6.07, 6.45) is 1.12. The monoisotopic (exact) mass is 158 g/mol. The van der Waals surface area contributed by atoms with E-state index in [4.69, 9.17) is 10.8 Å². The standard InChI is InChI=1S/C8H18N2O/c1-8(9,6-11)7-3-4-10(2)5-7/h7,11H,3-6,9H2,1-2H3. The summed E-state index contributed by atoms with van der Waals surface area (Å²) >= 11 is 0. The van der Waals surface area contributed by atoms with Crippen LogP contribution in [0.15, 0.2) is 0 Å². The number of nitrogens with zero attached hydrogens (tertiary/aromatic N) is 1. The first-order chi connectivity index (χ1) is 5.06. The third-order valence-corrected chi connectivity index (χ3v) is 2.66. The Labute approximate surface area is 68.2 Å². The smallest absolute Gasteiger partial charge is 0.0611 e. The molecule has 0 bridgehead atoms. The van der Waals surface area contributed by atoms with Gasteiger partial charge in [-0.1, -0.05) is 0 Å². The molecule has 0 aromatic heterocycles. The fourth-order valence-electron chi connectivity index (χ4n) is 1.60. The van der Waals surface area contributed by atoms with E-state index in [1.54, 1.807) is 0 Å². The number of nitrogens with two attached hydrogens (primary N) is 1. The van der Waals surface area contributed by atoms with E-state index in [1.165, 1.54) is 0 Å². The van der Waals surface area contributed by atoms with Crippen molar-refractivity contribution in [2.75, 3.05) is 26.7 Å². The van der Waals surface area contributed by atoms with Gasteiger partial charge in [-0.3, -0.25) is 0 Å². The number of likely N-dealkylation sites (tertiary alicyclic amines) is 1. The van der Waals surface area contributed by atoms with Crippen LogP contribution in [0.25, 0.3) is 0 Å². The zero-order chi connectivity index (χ0) is 8.48. The molecule has 1 aliphatic heterocycles. The maximum atomic E-state index is 9.00. The molecule has 0 spiro atoms. The fourth-order valence-corrected chi connectivity index (χ4v) is 1.60. The number of aliphatic hydroxyl groups excluding tert-OH is 1. The normalized spacial score (nSPS) is 32.2. The number of hydrogen-bond donors (Lipinski definition) is 2. The van der Waals surface area contributed by atoms with E-state index in [0.29, 0.717) is 5.92 Å². The Morgan fingerprint density at radius 2 is 2.36 bits per heavy atom. The van der Waals surface area contributed by atoms with Crippen LogP contribution >= 0.6 is 0 Å². The highest BCUT2D eigenvalue weighted by Crippen LogP contribution is 2.23. The summed E-state index contributed by atoms with van der Waals surface area (Å²) in [6.45, 7) is 4.15. The molecule has 1 rings (SSSR count). The van der Waals surface area contributed by atoms with Gasteiger partial charge in [0.2, 0.25) is 0 Å². The van der Waals surface area contributed by atoms with Crippen molar-refractivity contribution < 1.29 is 5.11 Å². The molecular weight excluding hydrogens is 140 g/mol. The summed E-state index contributed by atoms with van der Waals surface area (Å²) in [5, 5.41) is 9.00. The van der Waals surface area contributed by atoms with Gasteiger partial charge in [-0.2, -0.15) is 0 Å². The summed E-state index contributed by atoms with van der Waals surface area (Å²) in [6, 6.07) is 0. The first kappa shape index (κ1) is 8.97. The quantitative estimate of drug-likeness (QED) is 0.577. The van der Waals surface area contributed by atoms with E-state index < -0.39 is 0 Å². The van der Waals surface area contributed by atoms with Crippen LogP contribution in [0.3, 0.4) is 0 Å². The van der Waals surface area contributed by atoms with Crippen LogP contribution in [-0.2, 0) is 0 Å². The van der Waals surface area contributed by atoms with Crippen molar-refractivity contribution in [3.63, 3.8) is 0 Å². The highest BCUT2D eigenvalue weighted by Gasteiger charge is 2.33. The molecule has 1 heterocycles. The van der Waals surface area contributed by atoms with Gasteiger partial charge in [0.25, 0.3) is 0 Å². The molecule has 1 aliphatic rings. The minimum absolute atomic E-state index is 0.0888. The number of hydrogen-bond acceptors (Lipinski definition) is 3. The predicted octanol–water partition coefficient (Wildman–Crippen LogP) is -0.352. The zero-order valence-corrected chi connectivity index (χ0v) is 7.38. The molecule has 0 aromatic carbocycles. The minimum Gasteiger partial charge on any atom is -0.394 e. The van der Waals surface area contributed by atoms with Gasteiger partial charge in [0.15, 0.2) is 0 Å². The lowest BCUT2D eigenvalue weighted by atomic mass is 9.87. The zero-order valence-electron chi connectivity index (χ0n) is 7.38. The Kier molecular flexibility index (Phi) is 2.52. The molecule has 2 unspecified atom stereocenters. The topological polar surface area (TPSA) is 49.5 Å². The lowest BCUT2D eigenvalue weighted by molar-refractivity contribution is 0.156. The number of rotatable bonds is 2. The molecule has 0 amide bonds. The van der Waals surface area contributed by atoms with E-state index in [-0.39, 0.29) is 12.1 Å². The van der Waals surface area contributed by atoms with Crippen LogP contribution in [0.5, 0.6) is 0 Å². The Balaban J connectivity index is 2.48. The van der Waals surface area contributed by atoms with Gasteiger partial charge in [0.05, 0.1) is 6.61 Å². The van der Waals surface area contributed by atoms with E-state index in [9.17, 15) is 0 Å². The lowest BCUT2D eigenvalue weighted by Gasteiger charge is -2.28. The first-order valence-corrected chi connectivity index (χ1v) is 4.14. The largest absolute Gasteiger partial charge is 0.394 e. The highest BCUT2D eigenvalue weighted by atomic mass is 16.3. The van der Waals surface area contributed by atoms with Crippen LogP contribution in [0.4, 0.5) is 0 Å². The molecule has 1 fully saturated rings. The van der Waals surface area contributed by atoms with Crippen molar-refractivity contribution in [2.24, 2.45) is 11.7 Å². The van der Waals surface area contributed by atoms with Crippen LogP contribution < -0.4 is 5.73 Å². The molecule has 1 saturated heterocycles. The highest BCUT2D eigenvalue weighted by molar-refractivity contribution is 4.91. The maximum absolute atomic E-state index is 9.00. The summed E-state index contributed by atoms with van der Waals surface area (Å²) in [5.74, 6) is 0.456. The Bertz CT molecular complexity index is 136. The third-order valence-electron chi connectivity index (χ3n) is 2.66. The van der Waals surface area contributed by atoms with E-state index in [0.717, 1.165) is 19.5 Å². The van der Waals surface area contributed by atoms with Gasteiger partial charge >= 0.3 is 0 Å². The number of aliphatic hydroxyl groups is 1. The summed E-state index contributed by atoms with van der Waals surface area (Å²) < 4.78 is 0. The summed E-state index contributed by atoms with van der Waals surface area (Å²) in [7, 11) is 2.09. The second-order valence-corrected chi connectivity index (χ2v) is 3.91. The summed E-state index contributed by atoms with van der Waals surface area (Å²) in [5.41, 5.74) is 5.52. The first-order valence-electron chi connectivity index (χ1n) is 4.14. The minimum atomic E-state index is -0.384. The molecule has 0 saturated carbocycles. The van der Waals surface area contributed by atoms with E-state index >= 15 is 0 Å². The Morgan fingerprint density at radius 1 is 1.73 bits per heavy atom. The maximum Gasteiger partial charge on any atom is 0.0611 e. The Hall–Kier alpha value is -0.120. The Morgan fingerprint density at radius 3 is 2.73 bits per heavy atom. The molecule has 0 radical (unpaired) electrons. The lowest BCUT2D eigenvalue weighted by Crippen LogP contribution is -2.48. The van der Waals surface area contributed by atoms with Crippen molar-refractivity contribution in [1.29, 1.82) is 0 Å². The molecule has 3 N–H and O–H groups in total. The van der Waals surface area contributed by atoms with Crippen molar-refractivity contribution in [1.82, 2.24) is 4.90 Å². The molecule has 11 heavy (non-hydrogen) atoms. The average Bonchev–Trinajstić information content (AvgIpc) is 2.36. The van der Waals surface area contributed by atoms with Gasteiger partial charge in [0, 0.05) is 12.1 Å². The van der Waals surface area contributed by atoms with Gasteiger partial charge in [0.1, 0.15) is 0 Å². The molecular formula is C8H18N2O. The second-order valence-electron chi connectivity index (χ2n) is 3.91. The van der Waals surface area contributed by atoms with Gasteiger partial charge in [-0.05, 0) is 32.9 Å². The molecule has 0 aromatic rings. The van der Waals surface area contributed by atoms with Crippen LogP contribution in [0, 0.1) is 5.92 Å². The van der Waals surface area contributed by atoms with Crippen molar-refractivity contribution in [3.05, 3.63) is 0 Å². The van der Waals surface area contributed by atoms with Crippen LogP contribution in [0.1, 0.15) is 13.3 Å². The predicted molar refractivity (Wildman–Crippen MR) is 45.3 cm³/mol. The average molecular weight is 158 g/mol. The van der Waals surface area contributed by atoms with Crippen molar-refractivity contribution >= 4 is 0 Å². The summed E-state index contributed by atoms with van der Waals surface area (Å²) in [4.78, 5) is 2.26. The van der Waals surface area contributed by atoms with Crippen molar-refractivity contribution in [2.45, 2.75) is 18.9 Å². The molecule has 66 valence electrons. The van der Waals surface area contributed by atoms with Gasteiger partial charge in [-0.15, -0.1) is 0 Å². The third kappa shape index (κ3) is 1.92. The molecule has 3 heteroatoms.